The Hall–Kier alpha value is -2.94. The molecule has 0 spiro atoms. The van der Waals surface area contributed by atoms with Gasteiger partial charge in [0.25, 0.3) is 0 Å². The minimum atomic E-state index is 1.07. The van der Waals surface area contributed by atoms with Gasteiger partial charge in [0, 0.05) is 49.6 Å². The summed E-state index contributed by atoms with van der Waals surface area (Å²) in [7, 11) is 2.05. The largest absolute Gasteiger partial charge is 0.388 e. The molecule has 1 N–H and O–H groups in total. The van der Waals surface area contributed by atoms with Gasteiger partial charge in [0.2, 0.25) is 0 Å². The van der Waals surface area contributed by atoms with Crippen LogP contribution in [0.15, 0.2) is 83.9 Å². The summed E-state index contributed by atoms with van der Waals surface area (Å²) in [4.78, 5) is 4.80. The number of anilines is 2. The van der Waals surface area contributed by atoms with Gasteiger partial charge < -0.3 is 15.1 Å². The van der Waals surface area contributed by atoms with E-state index in [0.717, 1.165) is 38.8 Å². The van der Waals surface area contributed by atoms with E-state index in [1.165, 1.54) is 39.3 Å². The van der Waals surface area contributed by atoms with Crippen molar-refractivity contribution >= 4 is 11.4 Å². The van der Waals surface area contributed by atoms with Gasteiger partial charge in [-0.25, -0.2) is 0 Å². The Labute approximate surface area is 167 Å². The molecule has 3 nitrogen and oxygen atoms in total. The highest BCUT2D eigenvalue weighted by Crippen LogP contribution is 2.35. The van der Waals surface area contributed by atoms with E-state index in [9.17, 15) is 0 Å². The maximum atomic E-state index is 3.47. The third-order valence-electron chi connectivity index (χ3n) is 6.17. The molecular weight excluding hydrogens is 342 g/mol. The zero-order valence-electron chi connectivity index (χ0n) is 16.5. The fraction of sp³-hybridized carbons (Fsp3) is 0.280. The van der Waals surface area contributed by atoms with Crippen LogP contribution in [0.2, 0.25) is 0 Å². The summed E-state index contributed by atoms with van der Waals surface area (Å²) < 4.78 is 0. The molecule has 2 aliphatic heterocycles. The maximum absolute atomic E-state index is 3.47. The van der Waals surface area contributed by atoms with Crippen LogP contribution in [0, 0.1) is 0 Å². The van der Waals surface area contributed by atoms with Crippen molar-refractivity contribution in [1.29, 1.82) is 0 Å². The first-order chi connectivity index (χ1) is 13.8. The molecular formula is C25H27N3. The average Bonchev–Trinajstić information content (AvgIpc) is 3.44. The van der Waals surface area contributed by atoms with E-state index in [0.29, 0.717) is 0 Å². The van der Waals surface area contributed by atoms with Crippen molar-refractivity contribution in [3.05, 3.63) is 95.0 Å². The summed E-state index contributed by atoms with van der Waals surface area (Å²) >= 11 is 0. The molecule has 2 aromatic rings. The molecule has 0 saturated heterocycles. The topological polar surface area (TPSA) is 18.5 Å². The molecule has 142 valence electrons. The van der Waals surface area contributed by atoms with Crippen molar-refractivity contribution in [3.63, 3.8) is 0 Å². The molecule has 0 amide bonds. The lowest BCUT2D eigenvalue weighted by molar-refractivity contribution is 0.943. The molecule has 0 saturated carbocycles. The number of nitrogens with one attached hydrogen (secondary N) is 1. The molecule has 3 heteroatoms. The van der Waals surface area contributed by atoms with Crippen LogP contribution in [0.4, 0.5) is 11.4 Å². The van der Waals surface area contributed by atoms with Crippen LogP contribution in [-0.4, -0.2) is 20.1 Å². The normalized spacial score (nSPS) is 19.8. The van der Waals surface area contributed by atoms with Crippen molar-refractivity contribution in [2.45, 2.75) is 25.7 Å². The van der Waals surface area contributed by atoms with E-state index in [-0.39, 0.29) is 0 Å². The zero-order valence-corrected chi connectivity index (χ0v) is 16.5. The Morgan fingerprint density at radius 1 is 0.786 bits per heavy atom. The first-order valence-electron chi connectivity index (χ1n) is 10.3. The average molecular weight is 370 g/mol. The lowest BCUT2D eigenvalue weighted by Crippen LogP contribution is -2.15. The molecule has 2 aromatic carbocycles. The molecule has 0 bridgehead atoms. The number of rotatable bonds is 4. The Kier molecular flexibility index (Phi) is 4.44. The van der Waals surface area contributed by atoms with Gasteiger partial charge in [-0.1, -0.05) is 36.4 Å². The molecule has 28 heavy (non-hydrogen) atoms. The molecule has 0 aromatic heterocycles. The zero-order chi connectivity index (χ0) is 18.9. The highest BCUT2D eigenvalue weighted by molar-refractivity contribution is 5.62. The van der Waals surface area contributed by atoms with Gasteiger partial charge in [-0.2, -0.15) is 0 Å². The van der Waals surface area contributed by atoms with Crippen molar-refractivity contribution < 1.29 is 0 Å². The fourth-order valence-corrected chi connectivity index (χ4v) is 4.73. The van der Waals surface area contributed by atoms with Crippen molar-refractivity contribution in [1.82, 2.24) is 5.32 Å². The number of allylic oxidation sites excluding steroid dienone is 3. The van der Waals surface area contributed by atoms with Crippen LogP contribution in [0.25, 0.3) is 0 Å². The Morgan fingerprint density at radius 3 is 2.14 bits per heavy atom. The number of para-hydroxylation sites is 2. The summed E-state index contributed by atoms with van der Waals surface area (Å²) in [6, 6.07) is 17.5. The summed E-state index contributed by atoms with van der Waals surface area (Å²) in [5.74, 6) is 0. The summed E-state index contributed by atoms with van der Waals surface area (Å²) in [6.07, 6.45) is 11.4. The van der Waals surface area contributed by atoms with Crippen LogP contribution in [0.1, 0.15) is 24.0 Å². The van der Waals surface area contributed by atoms with Gasteiger partial charge in [0.05, 0.1) is 0 Å². The maximum Gasteiger partial charge on any atom is 0.0439 e. The van der Waals surface area contributed by atoms with Crippen molar-refractivity contribution in [2.75, 3.05) is 29.9 Å². The molecule has 0 atom stereocenters. The second kappa shape index (κ2) is 7.23. The SMILES string of the molecule is CNC1=C(C=CN2CCc3ccccc32)CC/C1=C\N1CCc2ccccc21. The Balaban J connectivity index is 1.39. The molecule has 5 rings (SSSR count). The van der Waals surface area contributed by atoms with E-state index in [1.807, 2.05) is 7.05 Å². The summed E-state index contributed by atoms with van der Waals surface area (Å²) in [5, 5.41) is 3.47. The second-order valence-corrected chi connectivity index (χ2v) is 7.76. The predicted molar refractivity (Wildman–Crippen MR) is 118 cm³/mol. The highest BCUT2D eigenvalue weighted by Gasteiger charge is 2.22. The van der Waals surface area contributed by atoms with Crippen LogP contribution in [0.3, 0.4) is 0 Å². The minimum absolute atomic E-state index is 1.07. The third kappa shape index (κ3) is 3.01. The molecule has 0 fully saturated rings. The van der Waals surface area contributed by atoms with Gasteiger partial charge in [-0.05, 0) is 66.2 Å². The van der Waals surface area contributed by atoms with Crippen molar-refractivity contribution in [3.8, 4) is 0 Å². The smallest absolute Gasteiger partial charge is 0.0439 e. The Morgan fingerprint density at radius 2 is 1.43 bits per heavy atom. The molecule has 0 radical (unpaired) electrons. The predicted octanol–water partition coefficient (Wildman–Crippen LogP) is 4.78. The first kappa shape index (κ1) is 17.2. The number of fused-ring (bicyclic) bond motifs is 2. The van der Waals surface area contributed by atoms with E-state index in [4.69, 9.17) is 0 Å². The van der Waals surface area contributed by atoms with Gasteiger partial charge in [0.1, 0.15) is 0 Å². The van der Waals surface area contributed by atoms with Gasteiger partial charge in [-0.15, -0.1) is 0 Å². The molecule has 3 aliphatic rings. The Bertz CT molecular complexity index is 983. The standard InChI is InChI=1S/C25H27N3/c1-26-25-21(14-16-27-15-12-19-6-2-4-8-23(19)27)10-11-22(25)18-28-17-13-20-7-3-5-9-24(20)28/h2-9,14,16,18,26H,10-13,15,17H2,1H3/b16-14?,22-18+. The van der Waals surface area contributed by atoms with Crippen LogP contribution in [0.5, 0.6) is 0 Å². The first-order valence-corrected chi connectivity index (χ1v) is 10.3. The van der Waals surface area contributed by atoms with Crippen LogP contribution >= 0.6 is 0 Å². The monoisotopic (exact) mass is 369 g/mol. The third-order valence-corrected chi connectivity index (χ3v) is 6.17. The summed E-state index contributed by atoms with van der Waals surface area (Å²) in [5.41, 5.74) is 9.75. The van der Waals surface area contributed by atoms with E-state index in [1.54, 1.807) is 0 Å². The number of likely N-dealkylation sites (N-methyl/N-ethyl adjacent to an activating group) is 1. The minimum Gasteiger partial charge on any atom is -0.388 e. The highest BCUT2D eigenvalue weighted by atomic mass is 15.1. The van der Waals surface area contributed by atoms with Crippen LogP contribution in [-0.2, 0) is 12.8 Å². The molecule has 2 heterocycles. The lowest BCUT2D eigenvalue weighted by atomic mass is 10.2. The van der Waals surface area contributed by atoms with Crippen LogP contribution < -0.4 is 15.1 Å². The van der Waals surface area contributed by atoms with Gasteiger partial charge in [-0.3, -0.25) is 0 Å². The number of hydrogen-bond acceptors (Lipinski definition) is 3. The quantitative estimate of drug-likeness (QED) is 0.837. The number of nitrogens with zero attached hydrogens (tertiary/aromatic N) is 2. The number of benzene rings is 2. The second-order valence-electron chi connectivity index (χ2n) is 7.76. The van der Waals surface area contributed by atoms with Crippen molar-refractivity contribution in [2.24, 2.45) is 0 Å². The van der Waals surface area contributed by atoms with E-state index >= 15 is 0 Å². The molecule has 0 unspecified atom stereocenters. The summed E-state index contributed by atoms with van der Waals surface area (Å²) in [6.45, 7) is 2.15. The number of hydrogen-bond donors (Lipinski definition) is 1. The van der Waals surface area contributed by atoms with E-state index < -0.39 is 0 Å². The van der Waals surface area contributed by atoms with Gasteiger partial charge >= 0.3 is 0 Å². The van der Waals surface area contributed by atoms with E-state index in [2.05, 4.69) is 82.1 Å². The van der Waals surface area contributed by atoms with Gasteiger partial charge in [0.15, 0.2) is 0 Å². The molecule has 1 aliphatic carbocycles. The fourth-order valence-electron chi connectivity index (χ4n) is 4.73. The lowest BCUT2D eigenvalue weighted by Gasteiger charge is -2.17.